The van der Waals surface area contributed by atoms with Gasteiger partial charge in [-0.25, -0.2) is 0 Å². The molecule has 5 nitrogen and oxygen atoms in total. The highest BCUT2D eigenvalue weighted by atomic mass is 35.5. The van der Waals surface area contributed by atoms with Gasteiger partial charge in [0, 0.05) is 17.2 Å². The van der Waals surface area contributed by atoms with Crippen LogP contribution in [0.15, 0.2) is 40.3 Å². The van der Waals surface area contributed by atoms with Crippen molar-refractivity contribution in [2.45, 2.75) is 0 Å². The number of nitro groups is 1. The summed E-state index contributed by atoms with van der Waals surface area (Å²) in [6.07, 6.45) is 3.11. The van der Waals surface area contributed by atoms with Crippen LogP contribution in [-0.4, -0.2) is 15.2 Å². The van der Waals surface area contributed by atoms with Crippen LogP contribution in [0.1, 0.15) is 5.56 Å². The van der Waals surface area contributed by atoms with Crippen molar-refractivity contribution >= 4 is 57.6 Å². The summed E-state index contributed by atoms with van der Waals surface area (Å²) in [4.78, 5) is 21.9. The lowest BCUT2D eigenvalue weighted by molar-refractivity contribution is -0.384. The molecule has 20 heavy (non-hydrogen) atoms. The maximum Gasteiger partial charge on any atom is 0.269 e. The predicted molar refractivity (Wildman–Crippen MR) is 83.3 cm³/mol. The number of non-ortho nitro benzene ring substituents is 1. The molecule has 1 fully saturated rings. The molecule has 1 heterocycles. The van der Waals surface area contributed by atoms with Crippen molar-refractivity contribution < 1.29 is 9.72 Å². The first kappa shape index (κ1) is 14.7. The smallest absolute Gasteiger partial charge is 0.269 e. The number of nitrogens with zero attached hydrogens (tertiary/aromatic N) is 1. The van der Waals surface area contributed by atoms with E-state index in [0.717, 1.165) is 11.8 Å². The van der Waals surface area contributed by atoms with Gasteiger partial charge in [-0.3, -0.25) is 14.9 Å². The molecule has 1 aliphatic heterocycles. The molecule has 0 spiro atoms. The molecule has 1 aromatic rings. The number of nitro benzene ring substituents is 1. The van der Waals surface area contributed by atoms with Crippen LogP contribution in [0.2, 0.25) is 0 Å². The zero-order valence-electron chi connectivity index (χ0n) is 9.83. The van der Waals surface area contributed by atoms with Crippen LogP contribution in [0.3, 0.4) is 0 Å². The van der Waals surface area contributed by atoms with E-state index in [9.17, 15) is 14.9 Å². The van der Waals surface area contributed by atoms with Crippen molar-refractivity contribution in [3.8, 4) is 0 Å². The minimum atomic E-state index is -0.475. The average Bonchev–Trinajstić information content (AvgIpc) is 2.68. The third-order valence-corrected chi connectivity index (χ3v) is 3.70. The molecule has 1 N–H and O–H groups in total. The number of nitrogens with one attached hydrogen (secondary N) is 1. The van der Waals surface area contributed by atoms with Crippen LogP contribution in [0.4, 0.5) is 5.69 Å². The van der Waals surface area contributed by atoms with E-state index in [4.69, 9.17) is 23.8 Å². The molecule has 2 rings (SSSR count). The summed E-state index contributed by atoms with van der Waals surface area (Å²) < 4.78 is 0.390. The van der Waals surface area contributed by atoms with Crippen molar-refractivity contribution in [3.63, 3.8) is 0 Å². The van der Waals surface area contributed by atoms with Gasteiger partial charge in [0.25, 0.3) is 11.6 Å². The number of rotatable bonds is 3. The fraction of sp³-hybridized carbons (Fsp3) is 0. The third kappa shape index (κ3) is 3.66. The van der Waals surface area contributed by atoms with Gasteiger partial charge in [0.2, 0.25) is 0 Å². The second-order valence-electron chi connectivity index (χ2n) is 3.73. The Labute approximate surface area is 128 Å². The number of carbonyl (C=O) groups excluding carboxylic acids is 1. The quantitative estimate of drug-likeness (QED) is 0.399. The van der Waals surface area contributed by atoms with E-state index >= 15 is 0 Å². The lowest BCUT2D eigenvalue weighted by atomic mass is 10.2. The third-order valence-electron chi connectivity index (χ3n) is 2.32. The van der Waals surface area contributed by atoms with E-state index in [1.54, 1.807) is 18.2 Å². The summed E-state index contributed by atoms with van der Waals surface area (Å²) in [7, 11) is 0. The molecular weight excluding hydrogens is 320 g/mol. The molecule has 0 unspecified atom stereocenters. The highest BCUT2D eigenvalue weighted by Crippen LogP contribution is 2.26. The molecule has 0 bridgehead atoms. The maximum absolute atomic E-state index is 11.4. The predicted octanol–water partition coefficient (Wildman–Crippen LogP) is 3.21. The fourth-order valence-electron chi connectivity index (χ4n) is 1.44. The number of hydrogen-bond acceptors (Lipinski definition) is 5. The van der Waals surface area contributed by atoms with Gasteiger partial charge in [-0.2, -0.15) is 0 Å². The van der Waals surface area contributed by atoms with Crippen molar-refractivity contribution in [3.05, 3.63) is 56.0 Å². The first-order chi connectivity index (χ1) is 9.45. The Balaban J connectivity index is 2.18. The van der Waals surface area contributed by atoms with E-state index < -0.39 is 4.92 Å². The molecule has 1 aliphatic rings. The van der Waals surface area contributed by atoms with Crippen molar-refractivity contribution in [2.24, 2.45) is 0 Å². The van der Waals surface area contributed by atoms with Gasteiger partial charge in [0.05, 0.1) is 9.83 Å². The number of allylic oxidation sites excluding steroid dienone is 2. The number of hydrogen-bond donors (Lipinski definition) is 1. The molecule has 1 saturated heterocycles. The first-order valence-electron chi connectivity index (χ1n) is 5.32. The number of halogens is 1. The number of thioether (sulfide) groups is 1. The topological polar surface area (TPSA) is 72.2 Å². The zero-order chi connectivity index (χ0) is 14.7. The average molecular weight is 327 g/mol. The molecule has 102 valence electrons. The van der Waals surface area contributed by atoms with E-state index in [1.165, 1.54) is 18.2 Å². The van der Waals surface area contributed by atoms with Gasteiger partial charge >= 0.3 is 0 Å². The highest BCUT2D eigenvalue weighted by Gasteiger charge is 2.21. The molecule has 1 aromatic carbocycles. The fourth-order valence-corrected chi connectivity index (χ4v) is 2.77. The highest BCUT2D eigenvalue weighted by molar-refractivity contribution is 8.26. The lowest BCUT2D eigenvalue weighted by Crippen LogP contribution is -2.17. The molecule has 0 radical (unpaired) electrons. The summed E-state index contributed by atoms with van der Waals surface area (Å²) in [6.45, 7) is 0. The van der Waals surface area contributed by atoms with E-state index in [0.29, 0.717) is 19.8 Å². The lowest BCUT2D eigenvalue weighted by Gasteiger charge is -1.96. The van der Waals surface area contributed by atoms with Crippen LogP contribution in [0.25, 0.3) is 6.08 Å². The van der Waals surface area contributed by atoms with Gasteiger partial charge in [-0.15, -0.1) is 0 Å². The molecule has 0 aromatic heterocycles. The SMILES string of the molecule is O=C1NC(=S)S/C1=C/C(Cl)=C\c1ccc([N+](=O)[O-])cc1. The number of benzene rings is 1. The second kappa shape index (κ2) is 6.17. The van der Waals surface area contributed by atoms with Gasteiger partial charge in [-0.05, 0) is 29.8 Å². The molecule has 0 saturated carbocycles. The minimum absolute atomic E-state index is 0.00713. The number of thiocarbonyl (C=S) groups is 1. The molecule has 8 heteroatoms. The van der Waals surface area contributed by atoms with Gasteiger partial charge in [0.1, 0.15) is 4.32 Å². The van der Waals surface area contributed by atoms with Gasteiger partial charge < -0.3 is 5.32 Å². The maximum atomic E-state index is 11.4. The van der Waals surface area contributed by atoms with Crippen LogP contribution in [-0.2, 0) is 4.79 Å². The van der Waals surface area contributed by atoms with Gasteiger partial charge in [-0.1, -0.05) is 35.6 Å². The van der Waals surface area contributed by atoms with E-state index in [1.807, 2.05) is 0 Å². The molecule has 0 atom stereocenters. The number of carbonyl (C=O) groups is 1. The normalized spacial score (nSPS) is 17.4. The van der Waals surface area contributed by atoms with Crippen molar-refractivity contribution in [1.29, 1.82) is 0 Å². The molecule has 0 aliphatic carbocycles. The summed E-state index contributed by atoms with van der Waals surface area (Å²) in [6, 6.07) is 5.92. The summed E-state index contributed by atoms with van der Waals surface area (Å²) in [5, 5.41) is 13.3. The Morgan fingerprint density at radius 3 is 2.55 bits per heavy atom. The van der Waals surface area contributed by atoms with E-state index in [2.05, 4.69) is 5.32 Å². The summed E-state index contributed by atoms with van der Waals surface area (Å²) >= 11 is 12.0. The molecular formula is C12H7ClN2O3S2. The standard InChI is InChI=1S/C12H7ClN2O3S2/c13-8(6-10-11(16)14-12(19)20-10)5-7-1-3-9(4-2-7)15(17)18/h1-6H,(H,14,16,19)/b8-5+,10-6+. The Kier molecular flexibility index (Phi) is 4.53. The zero-order valence-corrected chi connectivity index (χ0v) is 12.2. The Hall–Kier alpha value is -1.70. The van der Waals surface area contributed by atoms with E-state index in [-0.39, 0.29) is 11.6 Å². The van der Waals surface area contributed by atoms with Crippen molar-refractivity contribution in [1.82, 2.24) is 5.32 Å². The van der Waals surface area contributed by atoms with Gasteiger partial charge in [0.15, 0.2) is 0 Å². The first-order valence-corrected chi connectivity index (χ1v) is 6.92. The number of amides is 1. The van der Waals surface area contributed by atoms with Crippen LogP contribution >= 0.6 is 35.6 Å². The monoisotopic (exact) mass is 326 g/mol. The second-order valence-corrected chi connectivity index (χ2v) is 5.89. The Bertz CT molecular complexity index is 653. The summed E-state index contributed by atoms with van der Waals surface area (Å²) in [5.74, 6) is -0.282. The summed E-state index contributed by atoms with van der Waals surface area (Å²) in [5.41, 5.74) is 0.705. The van der Waals surface area contributed by atoms with Crippen molar-refractivity contribution in [2.75, 3.05) is 0 Å². The Morgan fingerprint density at radius 2 is 2.05 bits per heavy atom. The largest absolute Gasteiger partial charge is 0.307 e. The van der Waals surface area contributed by atoms with Crippen LogP contribution < -0.4 is 5.32 Å². The molecule has 1 amide bonds. The Morgan fingerprint density at radius 1 is 1.40 bits per heavy atom. The minimum Gasteiger partial charge on any atom is -0.307 e. The van der Waals surface area contributed by atoms with Crippen LogP contribution in [0, 0.1) is 10.1 Å². The van der Waals surface area contributed by atoms with Crippen LogP contribution in [0.5, 0.6) is 0 Å².